The number of methoxy groups -OCH3 is 1. The van der Waals surface area contributed by atoms with Gasteiger partial charge in [0.25, 0.3) is 0 Å². The molecule has 2 rings (SSSR count). The van der Waals surface area contributed by atoms with Gasteiger partial charge in [-0.1, -0.05) is 43.2 Å². The Morgan fingerprint density at radius 3 is 2.45 bits per heavy atom. The molecule has 0 saturated heterocycles. The highest BCUT2D eigenvalue weighted by molar-refractivity contribution is 5.78. The summed E-state index contributed by atoms with van der Waals surface area (Å²) in [7, 11) is 1.45. The number of hydrogen-bond donors (Lipinski definition) is 2. The van der Waals surface area contributed by atoms with Gasteiger partial charge in [-0.05, 0) is 31.7 Å². The fourth-order valence-electron chi connectivity index (χ4n) is 3.35. The molecule has 4 heteroatoms. The largest absolute Gasteiger partial charge is 0.469 e. The molecule has 4 nitrogen and oxygen atoms in total. The van der Waals surface area contributed by atoms with E-state index in [1.165, 1.54) is 12.7 Å². The van der Waals surface area contributed by atoms with Crippen LogP contribution in [-0.4, -0.2) is 30.8 Å². The molecule has 2 atom stereocenters. The Hall–Kier alpha value is -1.39. The Morgan fingerprint density at radius 1 is 1.36 bits per heavy atom. The highest BCUT2D eigenvalue weighted by Gasteiger charge is 2.50. The third-order valence-electron chi connectivity index (χ3n) is 4.93. The molecule has 122 valence electrons. The van der Waals surface area contributed by atoms with E-state index in [1.54, 1.807) is 0 Å². The summed E-state index contributed by atoms with van der Waals surface area (Å²) in [6.07, 6.45) is 3.07. The van der Waals surface area contributed by atoms with Crippen LogP contribution in [0.25, 0.3) is 0 Å². The Balaban J connectivity index is 1.98. The molecule has 1 fully saturated rings. The van der Waals surface area contributed by atoms with Crippen molar-refractivity contribution in [1.29, 1.82) is 0 Å². The summed E-state index contributed by atoms with van der Waals surface area (Å²) in [5.41, 5.74) is 1.67. The van der Waals surface area contributed by atoms with Crippen molar-refractivity contribution in [2.75, 3.05) is 13.7 Å². The highest BCUT2D eigenvalue weighted by Crippen LogP contribution is 2.46. The summed E-state index contributed by atoms with van der Waals surface area (Å²) >= 11 is 0. The summed E-state index contributed by atoms with van der Waals surface area (Å²) in [6.45, 7) is 4.54. The second-order valence-corrected chi connectivity index (χ2v) is 6.30. The van der Waals surface area contributed by atoms with Crippen LogP contribution in [-0.2, 0) is 9.53 Å². The Kier molecular flexibility index (Phi) is 5.59. The molecule has 0 heterocycles. The summed E-state index contributed by atoms with van der Waals surface area (Å²) in [5.74, 6) is -0.122. The number of esters is 1. The zero-order valence-corrected chi connectivity index (χ0v) is 13.8. The Bertz CT molecular complexity index is 494. The fourth-order valence-corrected chi connectivity index (χ4v) is 3.35. The van der Waals surface area contributed by atoms with Gasteiger partial charge in [0.2, 0.25) is 0 Å². The standard InChI is InChI=1S/C18H27NO3/c1-4-16(18(10-5-11-18)17(21)22-3)19-12-15(20)14-8-6-13(2)7-9-14/h6-9,15-16,19-20H,4-5,10-12H2,1-3H3/t15-,16-/m0/s1. The van der Waals surface area contributed by atoms with Crippen LogP contribution in [0.5, 0.6) is 0 Å². The minimum atomic E-state index is -0.565. The van der Waals surface area contributed by atoms with Crippen molar-refractivity contribution in [3.8, 4) is 0 Å². The van der Waals surface area contributed by atoms with Crippen molar-refractivity contribution in [2.24, 2.45) is 5.41 Å². The maximum absolute atomic E-state index is 12.1. The Morgan fingerprint density at radius 2 is 2.00 bits per heavy atom. The molecule has 1 aromatic carbocycles. The first-order valence-electron chi connectivity index (χ1n) is 8.10. The van der Waals surface area contributed by atoms with Gasteiger partial charge in [-0.25, -0.2) is 0 Å². The lowest BCUT2D eigenvalue weighted by molar-refractivity contribution is -0.161. The number of hydrogen-bond acceptors (Lipinski definition) is 4. The molecular formula is C18H27NO3. The van der Waals surface area contributed by atoms with Gasteiger partial charge in [-0.3, -0.25) is 4.79 Å². The Labute approximate surface area is 132 Å². The van der Waals surface area contributed by atoms with Gasteiger partial charge in [-0.15, -0.1) is 0 Å². The molecule has 0 unspecified atom stereocenters. The lowest BCUT2D eigenvalue weighted by Crippen LogP contribution is -2.55. The number of carbonyl (C=O) groups is 1. The van der Waals surface area contributed by atoms with Crippen molar-refractivity contribution in [2.45, 2.75) is 51.7 Å². The number of benzene rings is 1. The smallest absolute Gasteiger partial charge is 0.313 e. The second kappa shape index (κ2) is 7.25. The quantitative estimate of drug-likeness (QED) is 0.761. The van der Waals surface area contributed by atoms with Crippen molar-refractivity contribution in [1.82, 2.24) is 5.32 Å². The number of rotatable bonds is 7. The molecule has 1 aliphatic carbocycles. The average Bonchev–Trinajstić information content (AvgIpc) is 2.49. The number of carbonyl (C=O) groups excluding carboxylic acids is 1. The summed E-state index contributed by atoms with van der Waals surface area (Å²) < 4.78 is 5.00. The molecule has 0 amide bonds. The minimum absolute atomic E-state index is 0.0498. The van der Waals surface area contributed by atoms with E-state index < -0.39 is 11.5 Å². The van der Waals surface area contributed by atoms with E-state index in [0.717, 1.165) is 31.2 Å². The topological polar surface area (TPSA) is 58.6 Å². The van der Waals surface area contributed by atoms with Crippen LogP contribution in [0.1, 0.15) is 49.8 Å². The highest BCUT2D eigenvalue weighted by atomic mass is 16.5. The molecule has 0 radical (unpaired) electrons. The number of ether oxygens (including phenoxy) is 1. The van der Waals surface area contributed by atoms with Crippen LogP contribution in [0.3, 0.4) is 0 Å². The lowest BCUT2D eigenvalue weighted by Gasteiger charge is -2.45. The molecule has 22 heavy (non-hydrogen) atoms. The average molecular weight is 305 g/mol. The van der Waals surface area contributed by atoms with Crippen LogP contribution >= 0.6 is 0 Å². The van der Waals surface area contributed by atoms with Crippen LogP contribution in [0.15, 0.2) is 24.3 Å². The molecule has 2 N–H and O–H groups in total. The van der Waals surface area contributed by atoms with E-state index in [4.69, 9.17) is 4.74 Å². The van der Waals surface area contributed by atoms with Crippen LogP contribution in [0, 0.1) is 12.3 Å². The van der Waals surface area contributed by atoms with Crippen LogP contribution in [0.4, 0.5) is 0 Å². The van der Waals surface area contributed by atoms with Crippen LogP contribution in [0.2, 0.25) is 0 Å². The number of aliphatic hydroxyl groups excluding tert-OH is 1. The minimum Gasteiger partial charge on any atom is -0.469 e. The third kappa shape index (κ3) is 3.33. The molecule has 0 spiro atoms. The summed E-state index contributed by atoms with van der Waals surface area (Å²) in [4.78, 5) is 12.1. The monoisotopic (exact) mass is 305 g/mol. The predicted molar refractivity (Wildman–Crippen MR) is 86.5 cm³/mol. The van der Waals surface area contributed by atoms with Gasteiger partial charge in [0.1, 0.15) is 0 Å². The summed E-state index contributed by atoms with van der Waals surface area (Å²) in [6, 6.07) is 7.94. The normalized spacial score (nSPS) is 19.1. The van der Waals surface area contributed by atoms with Gasteiger partial charge in [0, 0.05) is 12.6 Å². The van der Waals surface area contributed by atoms with E-state index >= 15 is 0 Å². The number of nitrogens with one attached hydrogen (secondary N) is 1. The molecule has 1 aromatic rings. The van der Waals surface area contributed by atoms with Gasteiger partial charge in [-0.2, -0.15) is 0 Å². The first-order chi connectivity index (χ1) is 10.5. The van der Waals surface area contributed by atoms with Crippen molar-refractivity contribution < 1.29 is 14.6 Å². The van der Waals surface area contributed by atoms with Gasteiger partial charge < -0.3 is 15.2 Å². The van der Waals surface area contributed by atoms with Crippen molar-refractivity contribution in [3.63, 3.8) is 0 Å². The van der Waals surface area contributed by atoms with Gasteiger partial charge in [0.05, 0.1) is 18.6 Å². The first kappa shape index (κ1) is 17.0. The molecule has 0 aromatic heterocycles. The lowest BCUT2D eigenvalue weighted by atomic mass is 9.63. The third-order valence-corrected chi connectivity index (χ3v) is 4.93. The predicted octanol–water partition coefficient (Wildman–Crippen LogP) is 2.74. The van der Waals surface area contributed by atoms with Crippen molar-refractivity contribution >= 4 is 5.97 Å². The van der Waals surface area contributed by atoms with E-state index in [1.807, 2.05) is 31.2 Å². The van der Waals surface area contributed by atoms with Gasteiger partial charge >= 0.3 is 5.97 Å². The second-order valence-electron chi connectivity index (χ2n) is 6.30. The first-order valence-corrected chi connectivity index (χ1v) is 8.10. The molecule has 1 saturated carbocycles. The maximum atomic E-state index is 12.1. The molecule has 0 aliphatic heterocycles. The number of aliphatic hydroxyl groups is 1. The van der Waals surface area contributed by atoms with Gasteiger partial charge in [0.15, 0.2) is 0 Å². The zero-order valence-electron chi connectivity index (χ0n) is 13.8. The summed E-state index contributed by atoms with van der Waals surface area (Å²) in [5, 5.41) is 13.7. The van der Waals surface area contributed by atoms with E-state index in [0.29, 0.717) is 6.54 Å². The van der Waals surface area contributed by atoms with Crippen molar-refractivity contribution in [3.05, 3.63) is 35.4 Å². The number of aryl methyl sites for hydroxylation is 1. The maximum Gasteiger partial charge on any atom is 0.313 e. The fraction of sp³-hybridized carbons (Fsp3) is 0.611. The van der Waals surface area contributed by atoms with E-state index in [2.05, 4.69) is 12.2 Å². The van der Waals surface area contributed by atoms with Crippen LogP contribution < -0.4 is 5.32 Å². The van der Waals surface area contributed by atoms with E-state index in [-0.39, 0.29) is 12.0 Å². The molecular weight excluding hydrogens is 278 g/mol. The molecule has 1 aliphatic rings. The SMILES string of the molecule is CC[C@H](NC[C@H](O)c1ccc(C)cc1)C1(C(=O)OC)CCC1. The zero-order chi connectivity index (χ0) is 16.2. The molecule has 0 bridgehead atoms. The van der Waals surface area contributed by atoms with E-state index in [9.17, 15) is 9.90 Å².